The van der Waals surface area contributed by atoms with Crippen molar-refractivity contribution in [1.82, 2.24) is 14.8 Å². The first-order chi connectivity index (χ1) is 10.3. The normalized spacial score (nSPS) is 17.3. The minimum atomic E-state index is 0.414. The van der Waals surface area contributed by atoms with E-state index in [0.717, 1.165) is 35.6 Å². The van der Waals surface area contributed by atoms with Crippen molar-refractivity contribution in [3.05, 3.63) is 48.3 Å². The number of pyridine rings is 1. The van der Waals surface area contributed by atoms with Crippen LogP contribution in [0.25, 0.3) is 10.9 Å². The Labute approximate surface area is 122 Å². The van der Waals surface area contributed by atoms with Crippen molar-refractivity contribution >= 4 is 16.7 Å². The van der Waals surface area contributed by atoms with Crippen LogP contribution in [0.1, 0.15) is 11.5 Å². The number of rotatable bonds is 2. The fourth-order valence-corrected chi connectivity index (χ4v) is 2.91. The Morgan fingerprint density at radius 3 is 2.90 bits per heavy atom. The summed E-state index contributed by atoms with van der Waals surface area (Å²) in [5.74, 6) is 2.35. The fourth-order valence-electron chi connectivity index (χ4n) is 2.91. The molecular formula is C16H16N4O. The van der Waals surface area contributed by atoms with Crippen molar-refractivity contribution in [1.29, 1.82) is 0 Å². The zero-order chi connectivity index (χ0) is 14.2. The van der Waals surface area contributed by atoms with Gasteiger partial charge in [0.05, 0.1) is 19.2 Å². The van der Waals surface area contributed by atoms with Crippen molar-refractivity contribution in [2.45, 2.75) is 12.5 Å². The molecule has 1 N–H and O–H groups in total. The second-order valence-electron chi connectivity index (χ2n) is 5.27. The molecule has 0 fully saturated rings. The Bertz CT molecular complexity index is 782. The summed E-state index contributed by atoms with van der Waals surface area (Å²) >= 11 is 0. The topological polar surface area (TPSA) is 52.0 Å². The number of nitrogens with zero attached hydrogens (tertiary/aromatic N) is 3. The SMILES string of the molecule is COc1ccc2nn3c(c2c1)NCC(c1ccncc1)C3. The van der Waals surface area contributed by atoms with E-state index >= 15 is 0 Å². The number of benzene rings is 1. The molecule has 3 heterocycles. The summed E-state index contributed by atoms with van der Waals surface area (Å²) < 4.78 is 7.36. The Hall–Kier alpha value is -2.56. The summed E-state index contributed by atoms with van der Waals surface area (Å²) in [5, 5.41) is 9.31. The molecule has 0 saturated heterocycles. The van der Waals surface area contributed by atoms with E-state index in [4.69, 9.17) is 4.74 Å². The third-order valence-electron chi connectivity index (χ3n) is 4.03. The monoisotopic (exact) mass is 280 g/mol. The van der Waals surface area contributed by atoms with Crippen LogP contribution in [0.4, 0.5) is 5.82 Å². The molecule has 0 aliphatic carbocycles. The van der Waals surface area contributed by atoms with E-state index in [1.165, 1.54) is 5.56 Å². The Kier molecular flexibility index (Phi) is 2.77. The van der Waals surface area contributed by atoms with Crippen LogP contribution in [-0.4, -0.2) is 28.4 Å². The molecule has 4 rings (SSSR count). The van der Waals surface area contributed by atoms with Crippen LogP contribution in [-0.2, 0) is 6.54 Å². The molecule has 0 spiro atoms. The molecule has 21 heavy (non-hydrogen) atoms. The van der Waals surface area contributed by atoms with E-state index in [2.05, 4.69) is 32.2 Å². The number of hydrogen-bond donors (Lipinski definition) is 1. The van der Waals surface area contributed by atoms with Gasteiger partial charge in [-0.3, -0.25) is 4.98 Å². The van der Waals surface area contributed by atoms with E-state index in [1.54, 1.807) is 7.11 Å². The summed E-state index contributed by atoms with van der Waals surface area (Å²) in [4.78, 5) is 4.08. The van der Waals surface area contributed by atoms with Gasteiger partial charge in [0.15, 0.2) is 0 Å². The average molecular weight is 280 g/mol. The number of ether oxygens (including phenoxy) is 1. The lowest BCUT2D eigenvalue weighted by Gasteiger charge is -2.25. The molecule has 1 aliphatic heterocycles. The standard InChI is InChI=1S/C16H16N4O/c1-21-13-2-3-15-14(8-13)16-18-9-12(10-20(16)19-15)11-4-6-17-7-5-11/h2-8,12,18H,9-10H2,1H3. The predicted octanol–water partition coefficient (Wildman–Crippen LogP) is 2.65. The minimum Gasteiger partial charge on any atom is -0.497 e. The maximum Gasteiger partial charge on any atom is 0.132 e. The summed E-state index contributed by atoms with van der Waals surface area (Å²) in [5.41, 5.74) is 2.29. The van der Waals surface area contributed by atoms with Gasteiger partial charge in [0.1, 0.15) is 11.6 Å². The number of nitrogens with one attached hydrogen (secondary N) is 1. The molecule has 1 atom stereocenters. The zero-order valence-electron chi connectivity index (χ0n) is 11.8. The zero-order valence-corrected chi connectivity index (χ0v) is 11.8. The largest absolute Gasteiger partial charge is 0.497 e. The van der Waals surface area contributed by atoms with Crippen LogP contribution in [0, 0.1) is 0 Å². The second kappa shape index (κ2) is 4.77. The first kappa shape index (κ1) is 12.2. The molecule has 0 bridgehead atoms. The van der Waals surface area contributed by atoms with E-state index in [1.807, 2.05) is 30.6 Å². The molecular weight excluding hydrogens is 264 g/mol. The lowest BCUT2D eigenvalue weighted by atomic mass is 9.99. The van der Waals surface area contributed by atoms with Gasteiger partial charge in [-0.05, 0) is 35.9 Å². The van der Waals surface area contributed by atoms with Gasteiger partial charge in [0.2, 0.25) is 0 Å². The highest BCUT2D eigenvalue weighted by atomic mass is 16.5. The number of methoxy groups -OCH3 is 1. The smallest absolute Gasteiger partial charge is 0.132 e. The third-order valence-corrected chi connectivity index (χ3v) is 4.03. The Balaban J connectivity index is 1.73. The lowest BCUT2D eigenvalue weighted by molar-refractivity contribution is 0.415. The van der Waals surface area contributed by atoms with Crippen LogP contribution < -0.4 is 10.1 Å². The molecule has 1 unspecified atom stereocenters. The molecule has 2 aromatic heterocycles. The first-order valence-electron chi connectivity index (χ1n) is 7.03. The quantitative estimate of drug-likeness (QED) is 0.784. The van der Waals surface area contributed by atoms with Gasteiger partial charge < -0.3 is 10.1 Å². The van der Waals surface area contributed by atoms with Gasteiger partial charge in [-0.25, -0.2) is 4.68 Å². The van der Waals surface area contributed by atoms with Gasteiger partial charge in [0, 0.05) is 30.2 Å². The highest BCUT2D eigenvalue weighted by molar-refractivity contribution is 5.91. The highest BCUT2D eigenvalue weighted by Gasteiger charge is 2.22. The molecule has 3 aromatic rings. The summed E-state index contributed by atoms with van der Waals surface area (Å²) in [6.45, 7) is 1.78. The predicted molar refractivity (Wildman–Crippen MR) is 81.8 cm³/mol. The lowest BCUT2D eigenvalue weighted by Crippen LogP contribution is -2.26. The molecule has 1 aliphatic rings. The molecule has 0 radical (unpaired) electrons. The fraction of sp³-hybridized carbons (Fsp3) is 0.250. The van der Waals surface area contributed by atoms with Crippen LogP contribution in [0.3, 0.4) is 0 Å². The van der Waals surface area contributed by atoms with Gasteiger partial charge >= 0.3 is 0 Å². The van der Waals surface area contributed by atoms with Crippen molar-refractivity contribution in [2.75, 3.05) is 19.0 Å². The van der Waals surface area contributed by atoms with E-state index in [0.29, 0.717) is 5.92 Å². The number of fused-ring (bicyclic) bond motifs is 3. The molecule has 1 aromatic carbocycles. The maximum atomic E-state index is 5.30. The number of anilines is 1. The van der Waals surface area contributed by atoms with Gasteiger partial charge in [-0.15, -0.1) is 0 Å². The third kappa shape index (κ3) is 2.01. The van der Waals surface area contributed by atoms with Crippen molar-refractivity contribution < 1.29 is 4.74 Å². The van der Waals surface area contributed by atoms with Crippen molar-refractivity contribution in [3.63, 3.8) is 0 Å². The molecule has 106 valence electrons. The Morgan fingerprint density at radius 2 is 2.10 bits per heavy atom. The van der Waals surface area contributed by atoms with Crippen LogP contribution in [0.15, 0.2) is 42.7 Å². The molecule has 0 amide bonds. The number of hydrogen-bond acceptors (Lipinski definition) is 4. The van der Waals surface area contributed by atoms with Crippen LogP contribution >= 0.6 is 0 Å². The average Bonchev–Trinajstić information content (AvgIpc) is 2.92. The van der Waals surface area contributed by atoms with E-state index in [9.17, 15) is 0 Å². The van der Waals surface area contributed by atoms with Gasteiger partial charge in [-0.2, -0.15) is 5.10 Å². The maximum absolute atomic E-state index is 5.30. The van der Waals surface area contributed by atoms with E-state index < -0.39 is 0 Å². The van der Waals surface area contributed by atoms with Gasteiger partial charge in [-0.1, -0.05) is 0 Å². The molecule has 5 nitrogen and oxygen atoms in total. The van der Waals surface area contributed by atoms with Gasteiger partial charge in [0.25, 0.3) is 0 Å². The Morgan fingerprint density at radius 1 is 1.24 bits per heavy atom. The molecule has 5 heteroatoms. The minimum absolute atomic E-state index is 0.414. The summed E-state index contributed by atoms with van der Waals surface area (Å²) in [7, 11) is 1.68. The summed E-state index contributed by atoms with van der Waals surface area (Å²) in [6.07, 6.45) is 3.69. The van der Waals surface area contributed by atoms with Crippen molar-refractivity contribution in [3.8, 4) is 5.75 Å². The second-order valence-corrected chi connectivity index (χ2v) is 5.27. The first-order valence-corrected chi connectivity index (χ1v) is 7.03. The van der Waals surface area contributed by atoms with E-state index in [-0.39, 0.29) is 0 Å². The van der Waals surface area contributed by atoms with Crippen LogP contribution in [0.5, 0.6) is 5.75 Å². The van der Waals surface area contributed by atoms with Crippen molar-refractivity contribution in [2.24, 2.45) is 0 Å². The van der Waals surface area contributed by atoms with Crippen LogP contribution in [0.2, 0.25) is 0 Å². The number of aromatic nitrogens is 3. The molecule has 0 saturated carbocycles. The summed E-state index contributed by atoms with van der Waals surface area (Å²) in [6, 6.07) is 10.1. The highest BCUT2D eigenvalue weighted by Crippen LogP contribution is 2.32.